The Bertz CT molecular complexity index is 635. The highest BCUT2D eigenvalue weighted by Crippen LogP contribution is 2.49. The summed E-state index contributed by atoms with van der Waals surface area (Å²) in [5.41, 5.74) is 1.55. The van der Waals surface area contributed by atoms with E-state index in [0.29, 0.717) is 32.8 Å². The van der Waals surface area contributed by atoms with E-state index in [2.05, 4.69) is 43.4 Å². The molecule has 4 heteroatoms. The van der Waals surface area contributed by atoms with Gasteiger partial charge >= 0.3 is 0 Å². The third-order valence-electron chi connectivity index (χ3n) is 6.54. The number of hydrogen-bond acceptors (Lipinski definition) is 3. The van der Waals surface area contributed by atoms with Crippen LogP contribution in [0.15, 0.2) is 6.07 Å². The summed E-state index contributed by atoms with van der Waals surface area (Å²) in [6, 6.07) is 1.66. The molecule has 0 saturated heterocycles. The van der Waals surface area contributed by atoms with Crippen LogP contribution in [-0.4, -0.2) is 18.7 Å². The van der Waals surface area contributed by atoms with Gasteiger partial charge in [-0.15, -0.1) is 0 Å². The molecule has 1 aromatic carbocycles. The van der Waals surface area contributed by atoms with Gasteiger partial charge in [-0.1, -0.05) is 75.5 Å². The topological polar surface area (TPSA) is 60.7 Å². The van der Waals surface area contributed by atoms with Crippen molar-refractivity contribution in [1.82, 2.24) is 0 Å². The standard InChI is InChI=1S/C24H39IO3/c1-4-23(2,3)13-9-6-8-12-19-20(26)17-18(21(27)22(19)28)11-7-5-10-14-24(25)15-16-24/h17,26-28H,4-16H2,1-3H3. The number of phenolic OH excluding ortho intramolecular Hbond substituents is 3. The van der Waals surface area contributed by atoms with Crippen molar-refractivity contribution in [3.8, 4) is 17.2 Å². The minimum Gasteiger partial charge on any atom is -0.508 e. The largest absolute Gasteiger partial charge is 0.508 e. The summed E-state index contributed by atoms with van der Waals surface area (Å²) in [4.78, 5) is 0. The van der Waals surface area contributed by atoms with E-state index in [1.807, 2.05) is 0 Å². The predicted molar refractivity (Wildman–Crippen MR) is 126 cm³/mol. The molecule has 1 aromatic rings. The fourth-order valence-corrected chi connectivity index (χ4v) is 4.40. The summed E-state index contributed by atoms with van der Waals surface area (Å²) < 4.78 is 0.574. The van der Waals surface area contributed by atoms with Gasteiger partial charge < -0.3 is 15.3 Å². The van der Waals surface area contributed by atoms with Crippen molar-refractivity contribution in [3.63, 3.8) is 0 Å². The van der Waals surface area contributed by atoms with Gasteiger partial charge in [0.2, 0.25) is 0 Å². The quantitative estimate of drug-likeness (QED) is 0.0865. The van der Waals surface area contributed by atoms with Gasteiger partial charge in [-0.2, -0.15) is 0 Å². The van der Waals surface area contributed by atoms with Crippen molar-refractivity contribution < 1.29 is 15.3 Å². The molecule has 0 heterocycles. The molecule has 0 amide bonds. The molecule has 3 nitrogen and oxygen atoms in total. The second-order valence-electron chi connectivity index (χ2n) is 9.52. The van der Waals surface area contributed by atoms with Crippen LogP contribution in [-0.2, 0) is 12.8 Å². The summed E-state index contributed by atoms with van der Waals surface area (Å²) in [7, 11) is 0. The molecule has 1 fully saturated rings. The molecule has 0 aromatic heterocycles. The Morgan fingerprint density at radius 3 is 2.21 bits per heavy atom. The summed E-state index contributed by atoms with van der Waals surface area (Å²) in [6.45, 7) is 6.83. The predicted octanol–water partition coefficient (Wildman–Crippen LogP) is 7.41. The first kappa shape index (κ1) is 23.6. The molecule has 0 aliphatic heterocycles. The number of aryl methyl sites for hydroxylation is 1. The molecule has 0 atom stereocenters. The number of aromatic hydroxyl groups is 3. The lowest BCUT2D eigenvalue weighted by atomic mass is 9.84. The second kappa shape index (κ2) is 10.4. The van der Waals surface area contributed by atoms with Crippen LogP contribution in [0.4, 0.5) is 0 Å². The molecule has 2 rings (SSSR count). The SMILES string of the molecule is CCC(C)(C)CCCCCc1c(O)cc(CCCCCC2(I)CC2)c(O)c1O. The summed E-state index contributed by atoms with van der Waals surface area (Å²) in [6.07, 6.45) is 14.1. The molecule has 0 radical (unpaired) electrons. The zero-order valence-electron chi connectivity index (χ0n) is 18.0. The zero-order valence-corrected chi connectivity index (χ0v) is 20.1. The van der Waals surface area contributed by atoms with Crippen LogP contribution in [0.2, 0.25) is 0 Å². The van der Waals surface area contributed by atoms with Crippen molar-refractivity contribution >= 4 is 22.6 Å². The highest BCUT2D eigenvalue weighted by molar-refractivity contribution is 14.1. The fraction of sp³-hybridized carbons (Fsp3) is 0.750. The van der Waals surface area contributed by atoms with Crippen LogP contribution < -0.4 is 0 Å². The summed E-state index contributed by atoms with van der Waals surface area (Å²) in [5.74, 6) is -0.0241. The summed E-state index contributed by atoms with van der Waals surface area (Å²) >= 11 is 2.58. The van der Waals surface area contributed by atoms with Gasteiger partial charge in [-0.05, 0) is 62.8 Å². The van der Waals surface area contributed by atoms with Gasteiger partial charge in [0, 0.05) is 14.5 Å². The van der Waals surface area contributed by atoms with Crippen LogP contribution >= 0.6 is 22.6 Å². The lowest BCUT2D eigenvalue weighted by molar-refractivity contribution is 0.307. The first-order valence-electron chi connectivity index (χ1n) is 11.1. The number of phenols is 3. The average molecular weight is 502 g/mol. The number of rotatable bonds is 13. The van der Waals surface area contributed by atoms with Crippen LogP contribution in [0, 0.1) is 5.41 Å². The maximum absolute atomic E-state index is 10.4. The minimum atomic E-state index is -0.118. The fourth-order valence-electron chi connectivity index (χ4n) is 3.75. The number of alkyl halides is 1. The molecule has 1 aliphatic rings. The molecular weight excluding hydrogens is 463 g/mol. The monoisotopic (exact) mass is 502 g/mol. The average Bonchev–Trinajstić information content (AvgIpc) is 3.38. The maximum Gasteiger partial charge on any atom is 0.164 e. The normalized spacial score (nSPS) is 15.7. The van der Waals surface area contributed by atoms with Crippen molar-refractivity contribution in [3.05, 3.63) is 17.2 Å². The van der Waals surface area contributed by atoms with Crippen LogP contribution in [0.25, 0.3) is 0 Å². The third kappa shape index (κ3) is 7.31. The summed E-state index contributed by atoms with van der Waals surface area (Å²) in [5, 5.41) is 31.1. The van der Waals surface area contributed by atoms with Crippen LogP contribution in [0.3, 0.4) is 0 Å². The van der Waals surface area contributed by atoms with Gasteiger partial charge in [-0.3, -0.25) is 0 Å². The van der Waals surface area contributed by atoms with E-state index in [1.165, 1.54) is 38.5 Å². The van der Waals surface area contributed by atoms with E-state index >= 15 is 0 Å². The number of unbranched alkanes of at least 4 members (excludes halogenated alkanes) is 4. The lowest BCUT2D eigenvalue weighted by Crippen LogP contribution is -2.08. The molecule has 0 spiro atoms. The highest BCUT2D eigenvalue weighted by atomic mass is 127. The van der Waals surface area contributed by atoms with Gasteiger partial charge in [0.1, 0.15) is 5.75 Å². The van der Waals surface area contributed by atoms with E-state index < -0.39 is 0 Å². The lowest BCUT2D eigenvalue weighted by Gasteiger charge is -2.22. The minimum absolute atomic E-state index is 0.0347. The van der Waals surface area contributed by atoms with Gasteiger partial charge in [0.05, 0.1) is 0 Å². The molecular formula is C24H39IO3. The number of halogens is 1. The molecule has 0 unspecified atom stereocenters. The maximum atomic E-state index is 10.4. The molecule has 160 valence electrons. The van der Waals surface area contributed by atoms with Crippen LogP contribution in [0.5, 0.6) is 17.2 Å². The van der Waals surface area contributed by atoms with E-state index in [9.17, 15) is 15.3 Å². The third-order valence-corrected chi connectivity index (χ3v) is 8.15. The van der Waals surface area contributed by atoms with Crippen molar-refractivity contribution in [1.29, 1.82) is 0 Å². The first-order valence-corrected chi connectivity index (χ1v) is 12.2. The first-order chi connectivity index (χ1) is 13.2. The second-order valence-corrected chi connectivity index (χ2v) is 11.8. The number of benzene rings is 1. The van der Waals surface area contributed by atoms with Crippen LogP contribution in [0.1, 0.15) is 103 Å². The Balaban J connectivity index is 1.78. The zero-order chi connectivity index (χ0) is 20.8. The van der Waals surface area contributed by atoms with E-state index in [4.69, 9.17) is 0 Å². The van der Waals surface area contributed by atoms with Crippen molar-refractivity contribution in [2.45, 2.75) is 108 Å². The molecule has 1 aliphatic carbocycles. The van der Waals surface area contributed by atoms with Gasteiger partial charge in [0.25, 0.3) is 0 Å². The molecule has 3 N–H and O–H groups in total. The van der Waals surface area contributed by atoms with Gasteiger partial charge in [0.15, 0.2) is 11.5 Å². The Labute approximate surface area is 185 Å². The van der Waals surface area contributed by atoms with E-state index in [-0.39, 0.29) is 17.2 Å². The molecule has 1 saturated carbocycles. The van der Waals surface area contributed by atoms with Crippen molar-refractivity contribution in [2.24, 2.45) is 5.41 Å². The van der Waals surface area contributed by atoms with Crippen molar-refractivity contribution in [2.75, 3.05) is 0 Å². The van der Waals surface area contributed by atoms with E-state index in [0.717, 1.165) is 32.1 Å². The van der Waals surface area contributed by atoms with Gasteiger partial charge in [-0.25, -0.2) is 0 Å². The smallest absolute Gasteiger partial charge is 0.164 e. The number of hydrogen-bond donors (Lipinski definition) is 3. The molecule has 0 bridgehead atoms. The highest BCUT2D eigenvalue weighted by Gasteiger charge is 2.38. The van der Waals surface area contributed by atoms with E-state index in [1.54, 1.807) is 6.07 Å². The Morgan fingerprint density at radius 1 is 0.929 bits per heavy atom. The molecule has 28 heavy (non-hydrogen) atoms. The Morgan fingerprint density at radius 2 is 1.57 bits per heavy atom. The Kier molecular flexibility index (Phi) is 8.78. The Hall–Kier alpha value is -0.650.